The number of nitrogen functional groups attached to an aromatic ring is 1. The minimum atomic E-state index is -3.89. The first kappa shape index (κ1) is 16.1. The number of nitrogens with two attached hydrogens (primary N) is 1. The van der Waals surface area contributed by atoms with Gasteiger partial charge in [0, 0.05) is 10.6 Å². The SMILES string of the molecule is CSc1cccc(NS(=O)(=O)c2cc(Br)c(F)cc2N)c1. The first-order chi connectivity index (χ1) is 9.83. The van der Waals surface area contributed by atoms with E-state index in [1.54, 1.807) is 18.2 Å². The highest BCUT2D eigenvalue weighted by Gasteiger charge is 2.20. The summed E-state index contributed by atoms with van der Waals surface area (Å²) in [6.45, 7) is 0. The first-order valence-electron chi connectivity index (χ1n) is 5.75. The van der Waals surface area contributed by atoms with Gasteiger partial charge in [-0.2, -0.15) is 0 Å². The van der Waals surface area contributed by atoms with Gasteiger partial charge in [0.25, 0.3) is 10.0 Å². The molecule has 2 aromatic rings. The van der Waals surface area contributed by atoms with Crippen molar-refractivity contribution >= 4 is 49.1 Å². The quantitative estimate of drug-likeness (QED) is 0.616. The third kappa shape index (κ3) is 3.69. The van der Waals surface area contributed by atoms with Crippen LogP contribution in [0.1, 0.15) is 0 Å². The van der Waals surface area contributed by atoms with Gasteiger partial charge >= 0.3 is 0 Å². The lowest BCUT2D eigenvalue weighted by Gasteiger charge is -2.11. The number of halogens is 2. The Morgan fingerprint density at radius 1 is 1.29 bits per heavy atom. The highest BCUT2D eigenvalue weighted by Crippen LogP contribution is 2.28. The molecule has 0 atom stereocenters. The smallest absolute Gasteiger partial charge is 0.263 e. The van der Waals surface area contributed by atoms with Crippen LogP contribution in [-0.4, -0.2) is 14.7 Å². The van der Waals surface area contributed by atoms with Crippen molar-refractivity contribution in [3.63, 3.8) is 0 Å². The third-order valence-electron chi connectivity index (χ3n) is 2.66. The Morgan fingerprint density at radius 2 is 2.00 bits per heavy atom. The maximum Gasteiger partial charge on any atom is 0.263 e. The van der Waals surface area contributed by atoms with Crippen LogP contribution in [-0.2, 0) is 10.0 Å². The van der Waals surface area contributed by atoms with Crippen LogP contribution in [0.3, 0.4) is 0 Å². The van der Waals surface area contributed by atoms with Crippen LogP contribution >= 0.6 is 27.7 Å². The standard InChI is InChI=1S/C13H12BrFN2O2S2/c1-20-9-4-2-3-8(5-9)17-21(18,19)13-6-10(14)11(15)7-12(13)16/h2-7,17H,16H2,1H3. The molecule has 0 heterocycles. The van der Waals surface area contributed by atoms with Gasteiger partial charge in [-0.1, -0.05) is 6.07 Å². The fourth-order valence-electron chi connectivity index (χ4n) is 1.67. The molecule has 0 spiro atoms. The average molecular weight is 391 g/mol. The Bertz CT molecular complexity index is 782. The lowest BCUT2D eigenvalue weighted by Crippen LogP contribution is -2.15. The van der Waals surface area contributed by atoms with Crippen LogP contribution in [0.25, 0.3) is 0 Å². The Labute approximate surface area is 135 Å². The van der Waals surface area contributed by atoms with Crippen molar-refractivity contribution in [3.05, 3.63) is 46.7 Å². The molecule has 0 radical (unpaired) electrons. The molecule has 8 heteroatoms. The molecule has 0 bridgehead atoms. The van der Waals surface area contributed by atoms with Crippen molar-refractivity contribution in [2.45, 2.75) is 9.79 Å². The van der Waals surface area contributed by atoms with Gasteiger partial charge in [0.2, 0.25) is 0 Å². The lowest BCUT2D eigenvalue weighted by atomic mass is 10.3. The largest absolute Gasteiger partial charge is 0.398 e. The van der Waals surface area contributed by atoms with Gasteiger partial charge in [-0.3, -0.25) is 4.72 Å². The Balaban J connectivity index is 2.40. The summed E-state index contributed by atoms with van der Waals surface area (Å²) < 4.78 is 40.5. The summed E-state index contributed by atoms with van der Waals surface area (Å²) in [4.78, 5) is 0.744. The van der Waals surface area contributed by atoms with E-state index < -0.39 is 15.8 Å². The van der Waals surface area contributed by atoms with Gasteiger partial charge in [0.05, 0.1) is 10.2 Å². The van der Waals surface area contributed by atoms with E-state index in [1.807, 2.05) is 12.3 Å². The summed E-state index contributed by atoms with van der Waals surface area (Å²) >= 11 is 4.45. The number of hydrogen-bond acceptors (Lipinski definition) is 4. The predicted molar refractivity (Wildman–Crippen MR) is 87.5 cm³/mol. The second-order valence-corrected chi connectivity index (χ2v) is 7.53. The van der Waals surface area contributed by atoms with E-state index in [9.17, 15) is 12.8 Å². The minimum absolute atomic E-state index is 0.0370. The van der Waals surface area contributed by atoms with Crippen molar-refractivity contribution in [3.8, 4) is 0 Å². The molecule has 3 N–H and O–H groups in total. The molecule has 0 saturated carbocycles. The van der Waals surface area contributed by atoms with Crippen LogP contribution in [0.2, 0.25) is 0 Å². The first-order valence-corrected chi connectivity index (χ1v) is 9.25. The van der Waals surface area contributed by atoms with Gasteiger partial charge in [-0.15, -0.1) is 11.8 Å². The predicted octanol–water partition coefficient (Wildman–Crippen LogP) is 3.69. The molecule has 2 aromatic carbocycles. The van der Waals surface area contributed by atoms with Crippen molar-refractivity contribution < 1.29 is 12.8 Å². The van der Waals surface area contributed by atoms with Gasteiger partial charge < -0.3 is 5.73 Å². The summed E-state index contributed by atoms with van der Waals surface area (Å²) in [6, 6.07) is 9.06. The molecule has 2 rings (SSSR count). The van der Waals surface area contributed by atoms with E-state index in [0.29, 0.717) is 5.69 Å². The molecule has 112 valence electrons. The fourth-order valence-corrected chi connectivity index (χ4v) is 3.82. The number of nitrogens with one attached hydrogen (secondary N) is 1. The zero-order chi connectivity index (χ0) is 15.6. The number of anilines is 2. The Kier molecular flexibility index (Phi) is 4.80. The van der Waals surface area contributed by atoms with Crippen LogP contribution in [0.15, 0.2) is 50.7 Å². The lowest BCUT2D eigenvalue weighted by molar-refractivity contribution is 0.599. The molecule has 0 aliphatic carbocycles. The van der Waals surface area contributed by atoms with Gasteiger partial charge in [0.15, 0.2) is 0 Å². The van der Waals surface area contributed by atoms with E-state index in [-0.39, 0.29) is 15.1 Å². The number of benzene rings is 2. The zero-order valence-electron chi connectivity index (χ0n) is 10.9. The summed E-state index contributed by atoms with van der Waals surface area (Å²) in [5.41, 5.74) is 5.87. The molecule has 0 aliphatic heterocycles. The van der Waals surface area contributed by atoms with Crippen molar-refractivity contribution in [1.29, 1.82) is 0 Å². The van der Waals surface area contributed by atoms with Crippen molar-refractivity contribution in [1.82, 2.24) is 0 Å². The van der Waals surface area contributed by atoms with Crippen LogP contribution in [0, 0.1) is 5.82 Å². The van der Waals surface area contributed by atoms with Gasteiger partial charge in [-0.05, 0) is 52.5 Å². The van der Waals surface area contributed by atoms with E-state index in [1.165, 1.54) is 11.8 Å². The molecule has 0 amide bonds. The molecule has 0 fully saturated rings. The maximum atomic E-state index is 13.3. The number of sulfonamides is 1. The highest BCUT2D eigenvalue weighted by atomic mass is 79.9. The average Bonchev–Trinajstić information content (AvgIpc) is 2.42. The Hall–Kier alpha value is -1.25. The van der Waals surface area contributed by atoms with E-state index in [4.69, 9.17) is 5.73 Å². The number of thioether (sulfide) groups is 1. The monoisotopic (exact) mass is 390 g/mol. The molecule has 0 aliphatic rings. The van der Waals surface area contributed by atoms with Crippen LogP contribution in [0.5, 0.6) is 0 Å². The molecule has 0 unspecified atom stereocenters. The molecular weight excluding hydrogens is 379 g/mol. The summed E-state index contributed by atoms with van der Waals surface area (Å²) in [5, 5.41) is 0. The second-order valence-electron chi connectivity index (χ2n) is 4.14. The van der Waals surface area contributed by atoms with E-state index in [2.05, 4.69) is 20.7 Å². The summed E-state index contributed by atoms with van der Waals surface area (Å²) in [5.74, 6) is -0.615. The molecular formula is C13H12BrFN2O2S2. The number of rotatable bonds is 4. The summed E-state index contributed by atoms with van der Waals surface area (Å²) in [6.07, 6.45) is 1.89. The Morgan fingerprint density at radius 3 is 2.67 bits per heavy atom. The van der Waals surface area contributed by atoms with Crippen LogP contribution in [0.4, 0.5) is 15.8 Å². The van der Waals surface area contributed by atoms with E-state index >= 15 is 0 Å². The molecule has 21 heavy (non-hydrogen) atoms. The van der Waals surface area contributed by atoms with Crippen LogP contribution < -0.4 is 10.5 Å². The van der Waals surface area contributed by atoms with Crippen molar-refractivity contribution in [2.24, 2.45) is 0 Å². The molecule has 0 saturated heterocycles. The third-order valence-corrected chi connectivity index (χ3v) is 5.43. The van der Waals surface area contributed by atoms with Gasteiger partial charge in [-0.25, -0.2) is 12.8 Å². The minimum Gasteiger partial charge on any atom is -0.398 e. The summed E-state index contributed by atoms with van der Waals surface area (Å²) in [7, 11) is -3.89. The maximum absolute atomic E-state index is 13.3. The normalized spacial score (nSPS) is 11.4. The highest BCUT2D eigenvalue weighted by molar-refractivity contribution is 9.10. The molecule has 4 nitrogen and oxygen atoms in total. The van der Waals surface area contributed by atoms with Gasteiger partial charge in [0.1, 0.15) is 10.7 Å². The fraction of sp³-hybridized carbons (Fsp3) is 0.0769. The number of hydrogen-bond donors (Lipinski definition) is 2. The van der Waals surface area contributed by atoms with E-state index in [0.717, 1.165) is 17.0 Å². The zero-order valence-corrected chi connectivity index (χ0v) is 14.1. The van der Waals surface area contributed by atoms with Crippen molar-refractivity contribution in [2.75, 3.05) is 16.7 Å². The molecule has 0 aromatic heterocycles. The topological polar surface area (TPSA) is 72.2 Å². The second kappa shape index (κ2) is 6.25.